The summed E-state index contributed by atoms with van der Waals surface area (Å²) < 4.78 is 0. The Kier molecular flexibility index (Phi) is 36.0. The Morgan fingerprint density at radius 3 is 1.03 bits per heavy atom. The minimum absolute atomic E-state index is 0.272. The molecule has 0 radical (unpaired) electrons. The fourth-order valence-corrected chi connectivity index (χ4v) is 4.44. The van der Waals surface area contributed by atoms with Crippen LogP contribution in [-0.4, -0.2) is 12.6 Å². The van der Waals surface area contributed by atoms with Gasteiger partial charge in [-0.2, -0.15) is 0 Å². The van der Waals surface area contributed by atoms with E-state index in [1.165, 1.54) is 148 Å². The summed E-state index contributed by atoms with van der Waals surface area (Å²) in [5.74, 6) is 0.272. The number of carbonyl (C=O) groups is 2. The van der Waals surface area contributed by atoms with Crippen LogP contribution in [0.4, 0.5) is 0 Å². The molecular formula is C32H64O2. The Hall–Kier alpha value is -0.660. The highest BCUT2D eigenvalue weighted by Crippen LogP contribution is 2.14. The normalized spacial score (nSPS) is 11.6. The molecule has 0 saturated heterocycles. The van der Waals surface area contributed by atoms with E-state index < -0.39 is 0 Å². The van der Waals surface area contributed by atoms with Gasteiger partial charge in [-0.3, -0.25) is 0 Å². The van der Waals surface area contributed by atoms with Crippen LogP contribution in [0.25, 0.3) is 0 Å². The highest BCUT2D eigenvalue weighted by Gasteiger charge is 1.98. The predicted molar refractivity (Wildman–Crippen MR) is 153 cm³/mol. The molecule has 0 aliphatic carbocycles. The van der Waals surface area contributed by atoms with Crippen LogP contribution in [0.5, 0.6) is 0 Å². The summed E-state index contributed by atoms with van der Waals surface area (Å²) in [6.07, 6.45) is 37.0. The summed E-state index contributed by atoms with van der Waals surface area (Å²) in [5, 5.41) is 0. The maximum Gasteiger partial charge on any atom is 0.122 e. The topological polar surface area (TPSA) is 34.1 Å². The molecule has 2 nitrogen and oxygen atoms in total. The van der Waals surface area contributed by atoms with Crippen LogP contribution in [0.15, 0.2) is 0 Å². The van der Waals surface area contributed by atoms with Crippen molar-refractivity contribution < 1.29 is 9.59 Å². The van der Waals surface area contributed by atoms with Crippen molar-refractivity contribution in [3.05, 3.63) is 0 Å². The van der Waals surface area contributed by atoms with E-state index in [0.29, 0.717) is 0 Å². The first-order valence-corrected chi connectivity index (χ1v) is 15.6. The van der Waals surface area contributed by atoms with Crippen molar-refractivity contribution in [2.45, 2.75) is 188 Å². The molecule has 0 fully saturated rings. The molecule has 0 aromatic carbocycles. The summed E-state index contributed by atoms with van der Waals surface area (Å²) in [5.41, 5.74) is 0. The van der Waals surface area contributed by atoms with Gasteiger partial charge in [-0.25, -0.2) is 0 Å². The molecule has 2 heteroatoms. The molecule has 1 unspecified atom stereocenters. The molecule has 0 aromatic heterocycles. The number of hydrogen-bond acceptors (Lipinski definition) is 2. The van der Waals surface area contributed by atoms with Crippen LogP contribution < -0.4 is 0 Å². The SMILES string of the molecule is CCCCCCCCCCCCCC(C)C=O.CCCCCCCCCCCCCCCC=O. The van der Waals surface area contributed by atoms with Crippen LogP contribution in [0, 0.1) is 5.92 Å². The zero-order valence-corrected chi connectivity index (χ0v) is 23.9. The van der Waals surface area contributed by atoms with E-state index in [9.17, 15) is 9.59 Å². The van der Waals surface area contributed by atoms with E-state index in [1.807, 2.05) is 6.92 Å². The highest BCUT2D eigenvalue weighted by atomic mass is 16.1. The molecule has 1 atom stereocenters. The average Bonchev–Trinajstić information content (AvgIpc) is 2.85. The molecule has 0 aromatic rings. The van der Waals surface area contributed by atoms with Crippen molar-refractivity contribution in [3.63, 3.8) is 0 Å². The van der Waals surface area contributed by atoms with Crippen LogP contribution >= 0.6 is 0 Å². The minimum atomic E-state index is 0.272. The summed E-state index contributed by atoms with van der Waals surface area (Å²) in [6, 6.07) is 0. The third-order valence-electron chi connectivity index (χ3n) is 6.92. The molecule has 0 saturated carbocycles. The maximum atomic E-state index is 10.4. The zero-order chi connectivity index (χ0) is 25.4. The van der Waals surface area contributed by atoms with Gasteiger partial charge >= 0.3 is 0 Å². The van der Waals surface area contributed by atoms with Gasteiger partial charge in [-0.1, -0.05) is 168 Å². The van der Waals surface area contributed by atoms with Crippen LogP contribution in [-0.2, 0) is 9.59 Å². The predicted octanol–water partition coefficient (Wildman–Crippen LogP) is 11.2. The zero-order valence-electron chi connectivity index (χ0n) is 23.9. The Bertz CT molecular complexity index is 366. The highest BCUT2D eigenvalue weighted by molar-refractivity contribution is 5.52. The fourth-order valence-electron chi connectivity index (χ4n) is 4.44. The standard InChI is InChI=1S/2C16H32O/c1-3-4-5-6-7-8-9-10-11-12-13-14-16(2)15-17;1-2-3-4-5-6-7-8-9-10-11-12-13-14-15-16-17/h15-16H,3-14H2,1-2H3;16H,2-15H2,1H3. The van der Waals surface area contributed by atoms with Gasteiger partial charge in [-0.05, 0) is 12.8 Å². The minimum Gasteiger partial charge on any atom is -0.303 e. The smallest absolute Gasteiger partial charge is 0.122 e. The first-order chi connectivity index (χ1) is 16.7. The molecule has 204 valence electrons. The lowest BCUT2D eigenvalue weighted by Crippen LogP contribution is -1.94. The Labute approximate surface area is 215 Å². The van der Waals surface area contributed by atoms with Crippen molar-refractivity contribution in [3.8, 4) is 0 Å². The second-order valence-corrected chi connectivity index (χ2v) is 10.6. The number of aldehydes is 2. The molecule has 34 heavy (non-hydrogen) atoms. The fraction of sp³-hybridized carbons (Fsp3) is 0.938. The van der Waals surface area contributed by atoms with Crippen molar-refractivity contribution in [1.29, 1.82) is 0 Å². The number of rotatable bonds is 27. The van der Waals surface area contributed by atoms with E-state index in [-0.39, 0.29) is 5.92 Å². The van der Waals surface area contributed by atoms with Crippen molar-refractivity contribution in [1.82, 2.24) is 0 Å². The van der Waals surface area contributed by atoms with Gasteiger partial charge in [-0.15, -0.1) is 0 Å². The van der Waals surface area contributed by atoms with Crippen molar-refractivity contribution >= 4 is 12.6 Å². The first-order valence-electron chi connectivity index (χ1n) is 15.6. The lowest BCUT2D eigenvalue weighted by Gasteiger charge is -2.04. The van der Waals surface area contributed by atoms with Gasteiger partial charge in [0.05, 0.1) is 0 Å². The number of unbranched alkanes of at least 4 members (excludes halogenated alkanes) is 23. The van der Waals surface area contributed by atoms with E-state index in [1.54, 1.807) is 0 Å². The average molecular weight is 481 g/mol. The number of hydrogen-bond donors (Lipinski definition) is 0. The van der Waals surface area contributed by atoms with Gasteiger partial charge < -0.3 is 9.59 Å². The largest absolute Gasteiger partial charge is 0.303 e. The third-order valence-corrected chi connectivity index (χ3v) is 6.92. The van der Waals surface area contributed by atoms with Crippen LogP contribution in [0.3, 0.4) is 0 Å². The summed E-state index contributed by atoms with van der Waals surface area (Å²) in [7, 11) is 0. The second kappa shape index (κ2) is 34.5. The second-order valence-electron chi connectivity index (χ2n) is 10.6. The summed E-state index contributed by atoms with van der Waals surface area (Å²) >= 11 is 0. The maximum absolute atomic E-state index is 10.4. The van der Waals surface area contributed by atoms with Crippen molar-refractivity contribution in [2.24, 2.45) is 5.92 Å². The van der Waals surface area contributed by atoms with E-state index in [2.05, 4.69) is 13.8 Å². The molecule has 0 heterocycles. The Balaban J connectivity index is 0. The Morgan fingerprint density at radius 1 is 0.441 bits per heavy atom. The van der Waals surface area contributed by atoms with Gasteiger partial charge in [0.15, 0.2) is 0 Å². The molecule has 0 N–H and O–H groups in total. The summed E-state index contributed by atoms with van der Waals surface area (Å²) in [6.45, 7) is 6.56. The van der Waals surface area contributed by atoms with Crippen LogP contribution in [0.2, 0.25) is 0 Å². The third kappa shape index (κ3) is 35.9. The van der Waals surface area contributed by atoms with E-state index in [4.69, 9.17) is 0 Å². The van der Waals surface area contributed by atoms with E-state index >= 15 is 0 Å². The first kappa shape index (κ1) is 35.5. The quantitative estimate of drug-likeness (QED) is 0.0865. The molecule has 0 aliphatic rings. The molecule has 0 bridgehead atoms. The van der Waals surface area contributed by atoms with E-state index in [0.717, 1.165) is 31.8 Å². The monoisotopic (exact) mass is 480 g/mol. The molecule has 0 amide bonds. The van der Waals surface area contributed by atoms with Crippen molar-refractivity contribution in [2.75, 3.05) is 0 Å². The molecular weight excluding hydrogens is 416 g/mol. The summed E-state index contributed by atoms with van der Waals surface area (Å²) in [4.78, 5) is 20.5. The lowest BCUT2D eigenvalue weighted by atomic mass is 10.0. The number of carbonyl (C=O) groups excluding carboxylic acids is 2. The molecule has 0 aliphatic heterocycles. The van der Waals surface area contributed by atoms with Gasteiger partial charge in [0.1, 0.15) is 12.6 Å². The Morgan fingerprint density at radius 2 is 0.735 bits per heavy atom. The molecule has 0 spiro atoms. The lowest BCUT2D eigenvalue weighted by molar-refractivity contribution is -0.111. The molecule has 0 rings (SSSR count). The van der Waals surface area contributed by atoms with Crippen LogP contribution in [0.1, 0.15) is 188 Å². The van der Waals surface area contributed by atoms with Gasteiger partial charge in [0.2, 0.25) is 0 Å². The van der Waals surface area contributed by atoms with Gasteiger partial charge in [0, 0.05) is 12.3 Å². The van der Waals surface area contributed by atoms with Gasteiger partial charge in [0.25, 0.3) is 0 Å².